The number of likely N-dealkylation sites (N-methyl/N-ethyl adjacent to an activating group) is 1. The van der Waals surface area contributed by atoms with Crippen LogP contribution in [0.5, 0.6) is 0 Å². The van der Waals surface area contributed by atoms with E-state index in [9.17, 15) is 4.79 Å². The van der Waals surface area contributed by atoms with Crippen LogP contribution in [0.3, 0.4) is 0 Å². The van der Waals surface area contributed by atoms with Crippen molar-refractivity contribution in [3.05, 3.63) is 30.3 Å². The molecule has 22 heavy (non-hydrogen) atoms. The summed E-state index contributed by atoms with van der Waals surface area (Å²) >= 11 is 0. The maximum atomic E-state index is 12.7. The summed E-state index contributed by atoms with van der Waals surface area (Å²) in [7, 11) is 1.88. The molecule has 2 aliphatic rings. The van der Waals surface area contributed by atoms with E-state index >= 15 is 0 Å². The van der Waals surface area contributed by atoms with Crippen LogP contribution >= 0.6 is 0 Å². The van der Waals surface area contributed by atoms with Gasteiger partial charge in [0.05, 0.1) is 6.54 Å². The monoisotopic (exact) mass is 301 g/mol. The fourth-order valence-electron chi connectivity index (χ4n) is 3.90. The standard InChI is InChI=1S/C18H27N3O/c1-20(16-8-4-2-5-9-16)17(22)14-21-13-12-19-15-18(21)10-6-3-7-11-18/h2,4-5,8-9,19H,3,6-7,10-15H2,1H3. The summed E-state index contributed by atoms with van der Waals surface area (Å²) in [6, 6.07) is 9.92. The van der Waals surface area contributed by atoms with E-state index in [4.69, 9.17) is 0 Å². The number of hydrogen-bond acceptors (Lipinski definition) is 3. The van der Waals surface area contributed by atoms with Gasteiger partial charge >= 0.3 is 0 Å². The van der Waals surface area contributed by atoms with Crippen molar-refractivity contribution < 1.29 is 4.79 Å². The molecule has 1 aliphatic carbocycles. The van der Waals surface area contributed by atoms with Crippen LogP contribution < -0.4 is 10.2 Å². The first-order valence-corrected chi connectivity index (χ1v) is 8.49. The number of nitrogens with one attached hydrogen (secondary N) is 1. The Morgan fingerprint density at radius 3 is 2.68 bits per heavy atom. The Labute approximate surface area is 133 Å². The lowest BCUT2D eigenvalue weighted by atomic mass is 9.79. The molecule has 1 aromatic carbocycles. The molecule has 1 saturated carbocycles. The van der Waals surface area contributed by atoms with E-state index in [2.05, 4.69) is 10.2 Å². The van der Waals surface area contributed by atoms with Crippen molar-refractivity contribution in [1.29, 1.82) is 0 Å². The van der Waals surface area contributed by atoms with Crippen molar-refractivity contribution in [3.8, 4) is 0 Å². The van der Waals surface area contributed by atoms with Crippen molar-refractivity contribution in [2.24, 2.45) is 0 Å². The summed E-state index contributed by atoms with van der Waals surface area (Å²) in [6.45, 7) is 3.54. The third kappa shape index (κ3) is 3.18. The molecule has 1 spiro atoms. The molecule has 0 aromatic heterocycles. The number of benzene rings is 1. The zero-order valence-electron chi connectivity index (χ0n) is 13.6. The normalized spacial score (nSPS) is 21.7. The molecule has 120 valence electrons. The summed E-state index contributed by atoms with van der Waals surface area (Å²) in [5.41, 5.74) is 1.18. The van der Waals surface area contributed by atoms with Crippen molar-refractivity contribution >= 4 is 11.6 Å². The third-order valence-corrected chi connectivity index (χ3v) is 5.31. The molecule has 4 nitrogen and oxygen atoms in total. The molecule has 1 heterocycles. The smallest absolute Gasteiger partial charge is 0.240 e. The summed E-state index contributed by atoms with van der Waals surface area (Å²) in [4.78, 5) is 16.9. The molecule has 1 aromatic rings. The van der Waals surface area contributed by atoms with E-state index in [1.54, 1.807) is 4.90 Å². The Morgan fingerprint density at radius 1 is 1.23 bits per heavy atom. The topological polar surface area (TPSA) is 35.6 Å². The molecule has 4 heteroatoms. The number of para-hydroxylation sites is 1. The predicted molar refractivity (Wildman–Crippen MR) is 90.1 cm³/mol. The summed E-state index contributed by atoms with van der Waals surface area (Å²) in [5, 5.41) is 3.54. The van der Waals surface area contributed by atoms with Gasteiger partial charge in [-0.3, -0.25) is 9.69 Å². The Hall–Kier alpha value is -1.39. The largest absolute Gasteiger partial charge is 0.314 e. The number of piperazine rings is 1. The highest BCUT2D eigenvalue weighted by atomic mass is 16.2. The van der Waals surface area contributed by atoms with Crippen LogP contribution in [0, 0.1) is 0 Å². The van der Waals surface area contributed by atoms with Crippen molar-refractivity contribution in [2.75, 3.05) is 38.1 Å². The molecule has 1 saturated heterocycles. The summed E-state index contributed by atoms with van der Waals surface area (Å²) in [5.74, 6) is 0.193. The second-order valence-corrected chi connectivity index (χ2v) is 6.67. The molecule has 2 fully saturated rings. The lowest BCUT2D eigenvalue weighted by molar-refractivity contribution is -0.122. The van der Waals surface area contributed by atoms with Gasteiger partial charge in [0.2, 0.25) is 5.91 Å². The third-order valence-electron chi connectivity index (χ3n) is 5.31. The minimum absolute atomic E-state index is 0.193. The minimum atomic E-state index is 0.193. The number of anilines is 1. The van der Waals surface area contributed by atoms with E-state index in [1.165, 1.54) is 32.1 Å². The van der Waals surface area contributed by atoms with Crippen molar-refractivity contribution in [1.82, 2.24) is 10.2 Å². The van der Waals surface area contributed by atoms with Crippen LogP contribution in [0.15, 0.2) is 30.3 Å². The number of nitrogens with zero attached hydrogens (tertiary/aromatic N) is 2. The van der Waals surface area contributed by atoms with Crippen LogP contribution in [0.1, 0.15) is 32.1 Å². The average Bonchev–Trinajstić information content (AvgIpc) is 2.58. The predicted octanol–water partition coefficient (Wildman–Crippen LogP) is 2.26. The highest BCUT2D eigenvalue weighted by Crippen LogP contribution is 2.34. The highest BCUT2D eigenvalue weighted by Gasteiger charge is 2.40. The van der Waals surface area contributed by atoms with E-state index < -0.39 is 0 Å². The molecular weight excluding hydrogens is 274 g/mol. The molecule has 0 atom stereocenters. The lowest BCUT2D eigenvalue weighted by Crippen LogP contribution is -2.63. The van der Waals surface area contributed by atoms with Crippen molar-refractivity contribution in [2.45, 2.75) is 37.6 Å². The summed E-state index contributed by atoms with van der Waals surface area (Å²) < 4.78 is 0. The zero-order chi connectivity index (χ0) is 15.4. The van der Waals surface area contributed by atoms with Crippen molar-refractivity contribution in [3.63, 3.8) is 0 Å². The summed E-state index contributed by atoms with van der Waals surface area (Å²) in [6.07, 6.45) is 6.37. The van der Waals surface area contributed by atoms with Crippen LogP contribution in [-0.4, -0.2) is 49.6 Å². The van der Waals surface area contributed by atoms with Gasteiger partial charge in [0.25, 0.3) is 0 Å². The average molecular weight is 301 g/mol. The Balaban J connectivity index is 1.69. The van der Waals surface area contributed by atoms with Gasteiger partial charge in [0.1, 0.15) is 0 Å². The quantitative estimate of drug-likeness (QED) is 0.930. The Morgan fingerprint density at radius 2 is 1.95 bits per heavy atom. The van der Waals surface area contributed by atoms with Gasteiger partial charge in [-0.2, -0.15) is 0 Å². The molecule has 0 unspecified atom stereocenters. The Bertz CT molecular complexity index is 488. The van der Waals surface area contributed by atoms with Crippen LogP contribution in [0.25, 0.3) is 0 Å². The second kappa shape index (κ2) is 6.80. The molecule has 1 amide bonds. The van der Waals surface area contributed by atoms with Crippen LogP contribution in [0.4, 0.5) is 5.69 Å². The van der Waals surface area contributed by atoms with E-state index in [1.807, 2.05) is 37.4 Å². The second-order valence-electron chi connectivity index (χ2n) is 6.67. The van der Waals surface area contributed by atoms with Crippen LogP contribution in [0.2, 0.25) is 0 Å². The maximum absolute atomic E-state index is 12.7. The van der Waals surface area contributed by atoms with E-state index in [0.717, 1.165) is 25.3 Å². The molecule has 1 aliphatic heterocycles. The first-order valence-electron chi connectivity index (χ1n) is 8.49. The van der Waals surface area contributed by atoms with Gasteiger partial charge in [0.15, 0.2) is 0 Å². The minimum Gasteiger partial charge on any atom is -0.314 e. The number of carbonyl (C=O) groups excluding carboxylic acids is 1. The number of rotatable bonds is 3. The highest BCUT2D eigenvalue weighted by molar-refractivity contribution is 5.94. The van der Waals surface area contributed by atoms with Gasteiger partial charge in [-0.1, -0.05) is 37.5 Å². The first-order chi connectivity index (χ1) is 10.7. The molecule has 3 rings (SSSR count). The van der Waals surface area contributed by atoms with Gasteiger partial charge in [0, 0.05) is 37.9 Å². The van der Waals surface area contributed by atoms with Crippen LogP contribution in [-0.2, 0) is 4.79 Å². The molecule has 0 bridgehead atoms. The van der Waals surface area contributed by atoms with E-state index in [0.29, 0.717) is 6.54 Å². The van der Waals surface area contributed by atoms with Gasteiger partial charge in [-0.05, 0) is 25.0 Å². The SMILES string of the molecule is CN(C(=O)CN1CCNCC12CCCCC2)c1ccccc1. The zero-order valence-corrected chi connectivity index (χ0v) is 13.6. The molecular formula is C18H27N3O. The first kappa shape index (κ1) is 15.5. The van der Waals surface area contributed by atoms with Gasteiger partial charge < -0.3 is 10.2 Å². The van der Waals surface area contributed by atoms with Gasteiger partial charge in [-0.15, -0.1) is 0 Å². The number of amides is 1. The fourth-order valence-corrected chi connectivity index (χ4v) is 3.90. The molecule has 0 radical (unpaired) electrons. The number of carbonyl (C=O) groups is 1. The maximum Gasteiger partial charge on any atom is 0.240 e. The van der Waals surface area contributed by atoms with Gasteiger partial charge in [-0.25, -0.2) is 0 Å². The fraction of sp³-hybridized carbons (Fsp3) is 0.611. The molecule has 1 N–H and O–H groups in total. The number of hydrogen-bond donors (Lipinski definition) is 1. The van der Waals surface area contributed by atoms with E-state index in [-0.39, 0.29) is 11.4 Å². The Kier molecular flexibility index (Phi) is 4.79. The lowest BCUT2D eigenvalue weighted by Gasteiger charge is -2.49.